The molecule has 1 heterocycles. The lowest BCUT2D eigenvalue weighted by molar-refractivity contribution is 0.194. The molecule has 1 aromatic rings. The van der Waals surface area contributed by atoms with Gasteiger partial charge >= 0.3 is 6.09 Å². The predicted octanol–water partition coefficient (Wildman–Crippen LogP) is 2.17. The molecule has 0 radical (unpaired) electrons. The van der Waals surface area contributed by atoms with Gasteiger partial charge in [0.2, 0.25) is 0 Å². The minimum Gasteiger partial charge on any atom is -0.465 e. The minimum atomic E-state index is -1.03. The molecule has 0 bridgehead atoms. The first kappa shape index (κ1) is 8.36. The van der Waals surface area contributed by atoms with Crippen molar-refractivity contribution in [3.8, 4) is 0 Å². The van der Waals surface area contributed by atoms with Gasteiger partial charge in [0.1, 0.15) is 0 Å². The third-order valence-corrected chi connectivity index (χ3v) is 2.48. The zero-order chi connectivity index (χ0) is 8.27. The fourth-order valence-corrected chi connectivity index (χ4v) is 1.65. The molecule has 11 heavy (non-hydrogen) atoms. The number of halogens is 1. The van der Waals surface area contributed by atoms with Crippen LogP contribution in [0.2, 0.25) is 5.02 Å². The van der Waals surface area contributed by atoms with Crippen LogP contribution in [0.25, 0.3) is 0 Å². The van der Waals surface area contributed by atoms with Gasteiger partial charge in [0, 0.05) is 4.88 Å². The summed E-state index contributed by atoms with van der Waals surface area (Å²) in [5.41, 5.74) is 0. The second-order valence-electron chi connectivity index (χ2n) is 1.85. The molecule has 5 heteroatoms. The fraction of sp³-hybridized carbons (Fsp3) is 0.167. The van der Waals surface area contributed by atoms with E-state index in [1.807, 2.05) is 5.38 Å². The largest absolute Gasteiger partial charge is 0.465 e. The highest BCUT2D eigenvalue weighted by Crippen LogP contribution is 2.21. The van der Waals surface area contributed by atoms with Crippen molar-refractivity contribution in [2.45, 2.75) is 6.54 Å². The SMILES string of the molecule is O=C(O)NCc1sccc1Cl. The summed E-state index contributed by atoms with van der Waals surface area (Å²) in [4.78, 5) is 10.9. The number of carboxylic acid groups (broad SMARTS) is 1. The molecule has 2 N–H and O–H groups in total. The Hall–Kier alpha value is -0.740. The Labute approximate surface area is 72.6 Å². The van der Waals surface area contributed by atoms with E-state index < -0.39 is 6.09 Å². The topological polar surface area (TPSA) is 49.3 Å². The van der Waals surface area contributed by atoms with E-state index in [0.29, 0.717) is 5.02 Å². The van der Waals surface area contributed by atoms with Gasteiger partial charge in [0.05, 0.1) is 11.6 Å². The lowest BCUT2D eigenvalue weighted by Crippen LogP contribution is -2.19. The van der Waals surface area contributed by atoms with Crippen molar-refractivity contribution in [1.82, 2.24) is 5.32 Å². The van der Waals surface area contributed by atoms with E-state index in [9.17, 15) is 4.79 Å². The Balaban J connectivity index is 2.51. The number of carbonyl (C=O) groups is 1. The van der Waals surface area contributed by atoms with Gasteiger partial charge < -0.3 is 10.4 Å². The van der Waals surface area contributed by atoms with E-state index in [1.54, 1.807) is 6.07 Å². The molecule has 0 spiro atoms. The van der Waals surface area contributed by atoms with E-state index in [4.69, 9.17) is 16.7 Å². The summed E-state index contributed by atoms with van der Waals surface area (Å²) < 4.78 is 0. The van der Waals surface area contributed by atoms with Crippen molar-refractivity contribution in [1.29, 1.82) is 0 Å². The van der Waals surface area contributed by atoms with Gasteiger partial charge in [-0.05, 0) is 11.4 Å². The Morgan fingerprint density at radius 3 is 3.00 bits per heavy atom. The first-order chi connectivity index (χ1) is 5.20. The second-order valence-corrected chi connectivity index (χ2v) is 3.26. The zero-order valence-corrected chi connectivity index (χ0v) is 7.08. The van der Waals surface area contributed by atoms with Crippen molar-refractivity contribution in [2.75, 3.05) is 0 Å². The number of amides is 1. The summed E-state index contributed by atoms with van der Waals surface area (Å²) in [5.74, 6) is 0. The van der Waals surface area contributed by atoms with Gasteiger partial charge in [-0.15, -0.1) is 11.3 Å². The summed E-state index contributed by atoms with van der Waals surface area (Å²) in [6.45, 7) is 0.284. The van der Waals surface area contributed by atoms with Crippen LogP contribution in [0.4, 0.5) is 4.79 Å². The van der Waals surface area contributed by atoms with E-state index in [2.05, 4.69) is 5.32 Å². The van der Waals surface area contributed by atoms with E-state index in [1.165, 1.54) is 11.3 Å². The third kappa shape index (κ3) is 2.40. The van der Waals surface area contributed by atoms with Gasteiger partial charge in [-0.1, -0.05) is 11.6 Å². The number of thiophene rings is 1. The van der Waals surface area contributed by atoms with Gasteiger partial charge in [0.25, 0.3) is 0 Å². The van der Waals surface area contributed by atoms with Crippen LogP contribution in [-0.2, 0) is 6.54 Å². The van der Waals surface area contributed by atoms with Crippen molar-refractivity contribution < 1.29 is 9.90 Å². The van der Waals surface area contributed by atoms with Crippen LogP contribution in [0.5, 0.6) is 0 Å². The maximum absolute atomic E-state index is 10.1. The van der Waals surface area contributed by atoms with E-state index in [-0.39, 0.29) is 6.54 Å². The molecule has 0 aliphatic rings. The van der Waals surface area contributed by atoms with Gasteiger partial charge in [-0.2, -0.15) is 0 Å². The first-order valence-electron chi connectivity index (χ1n) is 2.89. The van der Waals surface area contributed by atoms with Crippen molar-refractivity contribution in [2.24, 2.45) is 0 Å². The van der Waals surface area contributed by atoms with E-state index >= 15 is 0 Å². The lowest BCUT2D eigenvalue weighted by atomic mass is 10.5. The smallest absolute Gasteiger partial charge is 0.404 e. The van der Waals surface area contributed by atoms with Crippen LogP contribution in [0, 0.1) is 0 Å². The standard InChI is InChI=1S/C6H6ClNO2S/c7-4-1-2-11-5(4)3-8-6(9)10/h1-2,8H,3H2,(H,9,10). The summed E-state index contributed by atoms with van der Waals surface area (Å²) in [6, 6.07) is 1.74. The minimum absolute atomic E-state index is 0.284. The number of nitrogens with one attached hydrogen (secondary N) is 1. The number of rotatable bonds is 2. The van der Waals surface area contributed by atoms with Crippen LogP contribution < -0.4 is 5.32 Å². The van der Waals surface area contributed by atoms with Gasteiger partial charge in [-0.3, -0.25) is 0 Å². The molecule has 0 atom stereocenters. The maximum Gasteiger partial charge on any atom is 0.404 e. The Morgan fingerprint density at radius 2 is 2.55 bits per heavy atom. The van der Waals surface area contributed by atoms with Crippen LogP contribution in [-0.4, -0.2) is 11.2 Å². The van der Waals surface area contributed by atoms with Gasteiger partial charge in [-0.25, -0.2) is 4.79 Å². The molecule has 0 saturated carbocycles. The molecule has 3 nitrogen and oxygen atoms in total. The van der Waals surface area contributed by atoms with Crippen LogP contribution in [0.3, 0.4) is 0 Å². The molecule has 0 aromatic carbocycles. The molecule has 1 amide bonds. The maximum atomic E-state index is 10.1. The summed E-state index contributed by atoms with van der Waals surface area (Å²) in [7, 11) is 0. The molecule has 0 fully saturated rings. The molecule has 60 valence electrons. The monoisotopic (exact) mass is 191 g/mol. The molecule has 1 aromatic heterocycles. The molecule has 0 unspecified atom stereocenters. The van der Waals surface area contributed by atoms with Crippen LogP contribution in [0.15, 0.2) is 11.4 Å². The van der Waals surface area contributed by atoms with Crippen molar-refractivity contribution >= 4 is 29.0 Å². The highest BCUT2D eigenvalue weighted by molar-refractivity contribution is 7.10. The average Bonchev–Trinajstić information content (AvgIpc) is 2.31. The summed E-state index contributed by atoms with van der Waals surface area (Å²) in [6.07, 6.45) is -1.03. The molecule has 0 saturated heterocycles. The van der Waals surface area contributed by atoms with Crippen LogP contribution in [0.1, 0.15) is 4.88 Å². The fourth-order valence-electron chi connectivity index (χ4n) is 0.607. The predicted molar refractivity (Wildman–Crippen MR) is 44.2 cm³/mol. The molecule has 0 aliphatic carbocycles. The molecule has 0 aliphatic heterocycles. The highest BCUT2D eigenvalue weighted by Gasteiger charge is 2.01. The quantitative estimate of drug-likeness (QED) is 0.753. The normalized spacial score (nSPS) is 9.55. The third-order valence-electron chi connectivity index (χ3n) is 1.09. The average molecular weight is 192 g/mol. The number of hydrogen-bond acceptors (Lipinski definition) is 2. The first-order valence-corrected chi connectivity index (χ1v) is 4.14. The van der Waals surface area contributed by atoms with Crippen LogP contribution >= 0.6 is 22.9 Å². The zero-order valence-electron chi connectivity index (χ0n) is 5.50. The van der Waals surface area contributed by atoms with Gasteiger partial charge in [0.15, 0.2) is 0 Å². The van der Waals surface area contributed by atoms with E-state index in [0.717, 1.165) is 4.88 Å². The Bertz CT molecular complexity index is 261. The highest BCUT2D eigenvalue weighted by atomic mass is 35.5. The summed E-state index contributed by atoms with van der Waals surface area (Å²) >= 11 is 7.13. The Morgan fingerprint density at radius 1 is 1.82 bits per heavy atom. The molecule has 1 rings (SSSR count). The molecular formula is C6H6ClNO2S. The van der Waals surface area contributed by atoms with Crippen molar-refractivity contribution in [3.63, 3.8) is 0 Å². The number of hydrogen-bond donors (Lipinski definition) is 2. The molecular weight excluding hydrogens is 186 g/mol. The van der Waals surface area contributed by atoms with Crippen molar-refractivity contribution in [3.05, 3.63) is 21.3 Å². The second kappa shape index (κ2) is 3.59. The Kier molecular flexibility index (Phi) is 2.73. The summed E-state index contributed by atoms with van der Waals surface area (Å²) in [5, 5.41) is 12.9. The lowest BCUT2D eigenvalue weighted by Gasteiger charge is -1.96.